The van der Waals surface area contributed by atoms with Crippen LogP contribution >= 0.6 is 11.6 Å². The van der Waals surface area contributed by atoms with E-state index >= 15 is 0 Å². The van der Waals surface area contributed by atoms with Crippen molar-refractivity contribution in [3.05, 3.63) is 34.9 Å². The normalized spacial score (nSPS) is 22.0. The third kappa shape index (κ3) is 3.96. The SMILES string of the molecule is CCC1NC(c2cccc(Cl)c2)N(CCCCOC)C1=O. The van der Waals surface area contributed by atoms with Gasteiger partial charge in [-0.25, -0.2) is 0 Å². The zero-order valence-corrected chi connectivity index (χ0v) is 13.4. The lowest BCUT2D eigenvalue weighted by molar-refractivity contribution is -0.130. The zero-order valence-electron chi connectivity index (χ0n) is 12.6. The van der Waals surface area contributed by atoms with E-state index in [2.05, 4.69) is 5.32 Å². The van der Waals surface area contributed by atoms with Crippen molar-refractivity contribution >= 4 is 17.5 Å². The summed E-state index contributed by atoms with van der Waals surface area (Å²) < 4.78 is 5.07. The van der Waals surface area contributed by atoms with E-state index in [0.29, 0.717) is 5.02 Å². The van der Waals surface area contributed by atoms with Gasteiger partial charge in [-0.3, -0.25) is 10.1 Å². The molecule has 1 aliphatic rings. The highest BCUT2D eigenvalue weighted by Crippen LogP contribution is 2.28. The number of amides is 1. The molecular weight excluding hydrogens is 288 g/mol. The maximum Gasteiger partial charge on any atom is 0.241 e. The van der Waals surface area contributed by atoms with Crippen LogP contribution < -0.4 is 5.32 Å². The molecule has 21 heavy (non-hydrogen) atoms. The molecule has 4 nitrogen and oxygen atoms in total. The Bertz CT molecular complexity index is 481. The minimum Gasteiger partial charge on any atom is -0.385 e. The molecule has 2 rings (SSSR count). The number of benzene rings is 1. The van der Waals surface area contributed by atoms with Crippen LogP contribution in [0.3, 0.4) is 0 Å². The van der Waals surface area contributed by atoms with Gasteiger partial charge < -0.3 is 9.64 Å². The molecule has 1 heterocycles. The summed E-state index contributed by atoms with van der Waals surface area (Å²) in [6, 6.07) is 7.61. The first kappa shape index (κ1) is 16.3. The number of halogens is 1. The summed E-state index contributed by atoms with van der Waals surface area (Å²) in [6.07, 6.45) is 2.61. The molecule has 0 aromatic heterocycles. The van der Waals surface area contributed by atoms with Crippen molar-refractivity contribution in [2.24, 2.45) is 0 Å². The van der Waals surface area contributed by atoms with Gasteiger partial charge in [-0.05, 0) is 37.0 Å². The number of rotatable bonds is 7. The van der Waals surface area contributed by atoms with Crippen molar-refractivity contribution in [3.63, 3.8) is 0 Å². The molecule has 2 unspecified atom stereocenters. The summed E-state index contributed by atoms with van der Waals surface area (Å²) in [6.45, 7) is 3.50. The third-order valence-corrected chi connectivity index (χ3v) is 4.06. The number of ether oxygens (including phenoxy) is 1. The van der Waals surface area contributed by atoms with Crippen LogP contribution in [0.15, 0.2) is 24.3 Å². The molecule has 1 amide bonds. The minimum absolute atomic E-state index is 0.0799. The second kappa shape index (κ2) is 7.78. The Morgan fingerprint density at radius 3 is 2.86 bits per heavy atom. The van der Waals surface area contributed by atoms with Gasteiger partial charge in [0.2, 0.25) is 5.91 Å². The van der Waals surface area contributed by atoms with Gasteiger partial charge in [0.25, 0.3) is 0 Å². The second-order valence-corrected chi connectivity index (χ2v) is 5.75. The van der Waals surface area contributed by atoms with Gasteiger partial charge in [0.1, 0.15) is 6.17 Å². The van der Waals surface area contributed by atoms with Gasteiger partial charge in [-0.15, -0.1) is 0 Å². The van der Waals surface area contributed by atoms with E-state index in [1.165, 1.54) is 0 Å². The molecule has 0 bridgehead atoms. The van der Waals surface area contributed by atoms with Crippen molar-refractivity contribution in [2.75, 3.05) is 20.3 Å². The van der Waals surface area contributed by atoms with Gasteiger partial charge in [0.15, 0.2) is 0 Å². The van der Waals surface area contributed by atoms with Gasteiger partial charge in [0, 0.05) is 25.3 Å². The molecule has 1 saturated heterocycles. The molecule has 2 atom stereocenters. The van der Waals surface area contributed by atoms with Crippen LogP contribution in [0.5, 0.6) is 0 Å². The number of carbonyl (C=O) groups is 1. The number of methoxy groups -OCH3 is 1. The second-order valence-electron chi connectivity index (χ2n) is 5.32. The molecule has 0 saturated carbocycles. The fourth-order valence-corrected chi connectivity index (χ4v) is 2.89. The smallest absolute Gasteiger partial charge is 0.241 e. The number of hydrogen-bond donors (Lipinski definition) is 1. The summed E-state index contributed by atoms with van der Waals surface area (Å²) in [4.78, 5) is 14.4. The Hall–Kier alpha value is -1.10. The first-order chi connectivity index (χ1) is 10.2. The molecule has 1 aromatic carbocycles. The summed E-state index contributed by atoms with van der Waals surface area (Å²) in [5.74, 6) is 0.180. The van der Waals surface area contributed by atoms with Gasteiger partial charge in [-0.1, -0.05) is 30.7 Å². The predicted octanol–water partition coefficient (Wildman–Crippen LogP) is 2.98. The summed E-state index contributed by atoms with van der Waals surface area (Å²) >= 11 is 6.08. The van der Waals surface area contributed by atoms with Crippen LogP contribution in [0.2, 0.25) is 5.02 Å². The van der Waals surface area contributed by atoms with Crippen molar-refractivity contribution < 1.29 is 9.53 Å². The molecule has 116 valence electrons. The molecule has 1 aliphatic heterocycles. The Labute approximate surface area is 131 Å². The minimum atomic E-state index is -0.101. The fourth-order valence-electron chi connectivity index (χ4n) is 2.69. The summed E-state index contributed by atoms with van der Waals surface area (Å²) in [5, 5.41) is 4.11. The van der Waals surface area contributed by atoms with Crippen molar-refractivity contribution in [3.8, 4) is 0 Å². The highest BCUT2D eigenvalue weighted by molar-refractivity contribution is 6.30. The van der Waals surface area contributed by atoms with E-state index < -0.39 is 0 Å². The van der Waals surface area contributed by atoms with Gasteiger partial charge >= 0.3 is 0 Å². The van der Waals surface area contributed by atoms with Crippen LogP contribution in [0, 0.1) is 0 Å². The lowest BCUT2D eigenvalue weighted by Gasteiger charge is -2.24. The molecule has 0 aliphatic carbocycles. The van der Waals surface area contributed by atoms with Gasteiger partial charge in [-0.2, -0.15) is 0 Å². The molecule has 5 heteroatoms. The quantitative estimate of drug-likeness (QED) is 0.787. The largest absolute Gasteiger partial charge is 0.385 e. The maximum absolute atomic E-state index is 12.5. The fraction of sp³-hybridized carbons (Fsp3) is 0.562. The molecule has 1 fully saturated rings. The lowest BCUT2D eigenvalue weighted by atomic mass is 10.1. The van der Waals surface area contributed by atoms with Gasteiger partial charge in [0.05, 0.1) is 6.04 Å². The lowest BCUT2D eigenvalue weighted by Crippen LogP contribution is -2.32. The van der Waals surface area contributed by atoms with Crippen LogP contribution in [0.4, 0.5) is 0 Å². The number of nitrogens with one attached hydrogen (secondary N) is 1. The average Bonchev–Trinajstić information content (AvgIpc) is 2.80. The molecule has 1 N–H and O–H groups in total. The molecule has 1 aromatic rings. The summed E-state index contributed by atoms with van der Waals surface area (Å²) in [5.41, 5.74) is 1.04. The predicted molar refractivity (Wildman–Crippen MR) is 84.2 cm³/mol. The number of carbonyl (C=O) groups excluding carboxylic acids is 1. The highest BCUT2D eigenvalue weighted by Gasteiger charge is 2.38. The van der Waals surface area contributed by atoms with Crippen molar-refractivity contribution in [1.29, 1.82) is 0 Å². The molecule has 0 spiro atoms. The monoisotopic (exact) mass is 310 g/mol. The zero-order chi connectivity index (χ0) is 15.2. The Morgan fingerprint density at radius 1 is 1.38 bits per heavy atom. The number of unbranched alkanes of at least 4 members (excludes halogenated alkanes) is 1. The van der Waals surface area contributed by atoms with Crippen LogP contribution in [-0.2, 0) is 9.53 Å². The standard InChI is InChI=1S/C16H23ClN2O2/c1-3-14-16(20)19(9-4-5-10-21-2)15(18-14)12-7-6-8-13(17)11-12/h6-8,11,14-15,18H,3-5,9-10H2,1-2H3. The van der Waals surface area contributed by atoms with Crippen LogP contribution in [-0.4, -0.2) is 37.1 Å². The third-order valence-electron chi connectivity index (χ3n) is 3.82. The first-order valence-corrected chi connectivity index (χ1v) is 7.86. The molecular formula is C16H23ClN2O2. The van der Waals surface area contributed by atoms with E-state index in [9.17, 15) is 4.79 Å². The van der Waals surface area contributed by atoms with Crippen LogP contribution in [0.1, 0.15) is 37.9 Å². The van der Waals surface area contributed by atoms with E-state index in [0.717, 1.165) is 38.0 Å². The van der Waals surface area contributed by atoms with E-state index in [4.69, 9.17) is 16.3 Å². The van der Waals surface area contributed by atoms with Crippen LogP contribution in [0.25, 0.3) is 0 Å². The summed E-state index contributed by atoms with van der Waals surface area (Å²) in [7, 11) is 1.70. The highest BCUT2D eigenvalue weighted by atomic mass is 35.5. The topological polar surface area (TPSA) is 41.6 Å². The average molecular weight is 311 g/mol. The van der Waals surface area contributed by atoms with E-state index in [1.54, 1.807) is 7.11 Å². The first-order valence-electron chi connectivity index (χ1n) is 7.48. The number of nitrogens with zero attached hydrogens (tertiary/aromatic N) is 1. The van der Waals surface area contributed by atoms with Crippen molar-refractivity contribution in [2.45, 2.75) is 38.4 Å². The van der Waals surface area contributed by atoms with Crippen molar-refractivity contribution in [1.82, 2.24) is 10.2 Å². The number of hydrogen-bond acceptors (Lipinski definition) is 3. The maximum atomic E-state index is 12.5. The molecule has 0 radical (unpaired) electrons. The Balaban J connectivity index is 2.10. The van der Waals surface area contributed by atoms with E-state index in [1.807, 2.05) is 36.1 Å². The van der Waals surface area contributed by atoms with E-state index in [-0.39, 0.29) is 18.1 Å². The Kier molecular flexibility index (Phi) is 6.03. The Morgan fingerprint density at radius 2 is 2.19 bits per heavy atom.